The molecule has 0 atom stereocenters. The van der Waals surface area contributed by atoms with Crippen molar-refractivity contribution in [3.05, 3.63) is 71.5 Å². The summed E-state index contributed by atoms with van der Waals surface area (Å²) in [5.74, 6) is -0.629. The molecule has 3 aromatic rings. The van der Waals surface area contributed by atoms with Crippen molar-refractivity contribution < 1.29 is 21.6 Å². The van der Waals surface area contributed by atoms with E-state index in [1.807, 2.05) is 19.9 Å². The van der Waals surface area contributed by atoms with Crippen molar-refractivity contribution >= 4 is 43.3 Å². The number of sulfonamides is 2. The number of rotatable bonds is 8. The standard InChI is InChI=1S/C22H25N5O5S2/c1-15-11-16(2)13-19(12-15)27(33(4,29)30)14-21(28)25-18-5-7-20(8-6-18)34(31,32)26-22-23-10-9-17(3)24-22/h5-13H,14H2,1-4H3,(H,25,28)(H,23,24,26). The van der Waals surface area contributed by atoms with Crippen LogP contribution in [0.2, 0.25) is 0 Å². The Morgan fingerprint density at radius 2 is 1.56 bits per heavy atom. The van der Waals surface area contributed by atoms with Crippen LogP contribution >= 0.6 is 0 Å². The van der Waals surface area contributed by atoms with Crippen molar-refractivity contribution in [2.75, 3.05) is 27.1 Å². The van der Waals surface area contributed by atoms with E-state index in [1.165, 1.54) is 30.5 Å². The molecule has 12 heteroatoms. The first-order valence-electron chi connectivity index (χ1n) is 10.1. The summed E-state index contributed by atoms with van der Waals surface area (Å²) in [5, 5.41) is 2.59. The average molecular weight is 504 g/mol. The lowest BCUT2D eigenvalue weighted by Crippen LogP contribution is -2.37. The van der Waals surface area contributed by atoms with Gasteiger partial charge in [-0.1, -0.05) is 6.07 Å². The fourth-order valence-electron chi connectivity index (χ4n) is 3.22. The van der Waals surface area contributed by atoms with Crippen molar-refractivity contribution in [3.63, 3.8) is 0 Å². The van der Waals surface area contributed by atoms with Gasteiger partial charge in [0, 0.05) is 17.6 Å². The molecule has 0 bridgehead atoms. The summed E-state index contributed by atoms with van der Waals surface area (Å²) in [4.78, 5) is 20.4. The van der Waals surface area contributed by atoms with E-state index in [4.69, 9.17) is 0 Å². The molecular formula is C22H25N5O5S2. The topological polar surface area (TPSA) is 138 Å². The first-order chi connectivity index (χ1) is 15.8. The monoisotopic (exact) mass is 503 g/mol. The summed E-state index contributed by atoms with van der Waals surface area (Å²) in [6.07, 6.45) is 2.47. The minimum Gasteiger partial charge on any atom is -0.325 e. The Hall–Kier alpha value is -3.51. The zero-order valence-electron chi connectivity index (χ0n) is 19.1. The van der Waals surface area contributed by atoms with E-state index < -0.39 is 32.5 Å². The van der Waals surface area contributed by atoms with Crippen LogP contribution < -0.4 is 14.3 Å². The van der Waals surface area contributed by atoms with E-state index in [1.54, 1.807) is 25.1 Å². The molecule has 0 saturated carbocycles. The second-order valence-electron chi connectivity index (χ2n) is 7.82. The van der Waals surface area contributed by atoms with Gasteiger partial charge in [-0.05, 0) is 74.4 Å². The number of hydrogen-bond acceptors (Lipinski definition) is 7. The molecule has 0 radical (unpaired) electrons. The zero-order valence-corrected chi connectivity index (χ0v) is 20.7. The van der Waals surface area contributed by atoms with Crippen LogP contribution in [0.1, 0.15) is 16.8 Å². The van der Waals surface area contributed by atoms with Crippen LogP contribution in [0.5, 0.6) is 0 Å². The van der Waals surface area contributed by atoms with Crippen LogP contribution in [0, 0.1) is 20.8 Å². The second-order valence-corrected chi connectivity index (χ2v) is 11.4. The van der Waals surface area contributed by atoms with E-state index in [2.05, 4.69) is 20.0 Å². The SMILES string of the molecule is Cc1cc(C)cc(N(CC(=O)Nc2ccc(S(=O)(=O)Nc3nccc(C)n3)cc2)S(C)(=O)=O)c1. The Kier molecular flexibility index (Phi) is 7.22. The van der Waals surface area contributed by atoms with Crippen molar-refractivity contribution in [2.45, 2.75) is 25.7 Å². The van der Waals surface area contributed by atoms with Gasteiger partial charge in [0.1, 0.15) is 6.54 Å². The molecule has 34 heavy (non-hydrogen) atoms. The molecule has 1 heterocycles. The number of benzene rings is 2. The summed E-state index contributed by atoms with van der Waals surface area (Å²) >= 11 is 0. The number of carbonyl (C=O) groups excluding carboxylic acids is 1. The lowest BCUT2D eigenvalue weighted by molar-refractivity contribution is -0.114. The van der Waals surface area contributed by atoms with Crippen molar-refractivity contribution in [3.8, 4) is 0 Å². The maximum Gasteiger partial charge on any atom is 0.264 e. The van der Waals surface area contributed by atoms with Crippen LogP contribution in [0.25, 0.3) is 0 Å². The number of aryl methyl sites for hydroxylation is 3. The zero-order chi connectivity index (χ0) is 25.1. The Morgan fingerprint density at radius 3 is 2.12 bits per heavy atom. The van der Waals surface area contributed by atoms with Crippen LogP contribution in [0.3, 0.4) is 0 Å². The summed E-state index contributed by atoms with van der Waals surface area (Å²) < 4.78 is 53.1. The lowest BCUT2D eigenvalue weighted by Gasteiger charge is -2.23. The molecule has 10 nitrogen and oxygen atoms in total. The summed E-state index contributed by atoms with van der Waals surface area (Å²) in [5.41, 5.74) is 3.04. The third-order valence-electron chi connectivity index (χ3n) is 4.65. The number of aromatic nitrogens is 2. The van der Waals surface area contributed by atoms with E-state index in [0.29, 0.717) is 17.1 Å². The summed E-state index contributed by atoms with van der Waals surface area (Å²) in [6.45, 7) is 4.95. The van der Waals surface area contributed by atoms with Gasteiger partial charge in [-0.3, -0.25) is 9.10 Å². The molecule has 3 rings (SSSR count). The Bertz CT molecular complexity index is 1400. The van der Waals surface area contributed by atoms with Crippen molar-refractivity contribution in [2.24, 2.45) is 0 Å². The average Bonchev–Trinajstić information content (AvgIpc) is 2.70. The number of nitrogens with one attached hydrogen (secondary N) is 2. The van der Waals surface area contributed by atoms with Gasteiger partial charge in [0.05, 0.1) is 16.8 Å². The second kappa shape index (κ2) is 9.77. The molecule has 1 amide bonds. The molecule has 2 aromatic carbocycles. The molecule has 0 spiro atoms. The highest BCUT2D eigenvalue weighted by Crippen LogP contribution is 2.22. The molecule has 1 aromatic heterocycles. The minimum atomic E-state index is -3.93. The van der Waals surface area contributed by atoms with E-state index in [-0.39, 0.29) is 10.8 Å². The highest BCUT2D eigenvalue weighted by molar-refractivity contribution is 7.92. The molecule has 2 N–H and O–H groups in total. The van der Waals surface area contributed by atoms with Gasteiger partial charge in [0.25, 0.3) is 10.0 Å². The quantitative estimate of drug-likeness (QED) is 0.482. The number of anilines is 3. The third-order valence-corrected chi connectivity index (χ3v) is 7.14. The van der Waals surface area contributed by atoms with Crippen LogP contribution in [-0.2, 0) is 24.8 Å². The van der Waals surface area contributed by atoms with Crippen molar-refractivity contribution in [1.29, 1.82) is 0 Å². The van der Waals surface area contributed by atoms with Gasteiger partial charge in [0.2, 0.25) is 21.9 Å². The number of nitrogens with zero attached hydrogens (tertiary/aromatic N) is 3. The first-order valence-corrected chi connectivity index (χ1v) is 13.4. The van der Waals surface area contributed by atoms with Gasteiger partial charge in [-0.15, -0.1) is 0 Å². The molecule has 0 unspecified atom stereocenters. The van der Waals surface area contributed by atoms with Gasteiger partial charge >= 0.3 is 0 Å². The first kappa shape index (κ1) is 25.1. The van der Waals surface area contributed by atoms with E-state index >= 15 is 0 Å². The number of hydrogen-bond donors (Lipinski definition) is 2. The Balaban J connectivity index is 1.73. The maximum atomic E-state index is 12.6. The van der Waals surface area contributed by atoms with Crippen LogP contribution in [0.4, 0.5) is 17.3 Å². The van der Waals surface area contributed by atoms with Gasteiger partial charge < -0.3 is 5.32 Å². The Labute approximate surface area is 199 Å². The van der Waals surface area contributed by atoms with E-state index in [0.717, 1.165) is 21.7 Å². The Morgan fingerprint density at radius 1 is 0.941 bits per heavy atom. The highest BCUT2D eigenvalue weighted by Gasteiger charge is 2.22. The summed E-state index contributed by atoms with van der Waals surface area (Å²) in [7, 11) is -7.66. The van der Waals surface area contributed by atoms with Gasteiger partial charge in [-0.2, -0.15) is 0 Å². The largest absolute Gasteiger partial charge is 0.325 e. The predicted molar refractivity (Wildman–Crippen MR) is 131 cm³/mol. The molecule has 180 valence electrons. The minimum absolute atomic E-state index is 0.0513. The van der Waals surface area contributed by atoms with E-state index in [9.17, 15) is 21.6 Å². The number of amides is 1. The number of carbonyl (C=O) groups is 1. The smallest absolute Gasteiger partial charge is 0.264 e. The molecular weight excluding hydrogens is 478 g/mol. The van der Waals surface area contributed by atoms with Gasteiger partial charge in [-0.25, -0.2) is 31.5 Å². The molecule has 0 aliphatic heterocycles. The lowest BCUT2D eigenvalue weighted by atomic mass is 10.1. The normalized spacial score (nSPS) is 11.6. The van der Waals surface area contributed by atoms with Crippen LogP contribution in [-0.4, -0.2) is 45.5 Å². The fourth-order valence-corrected chi connectivity index (χ4v) is 5.01. The molecule has 0 fully saturated rings. The maximum absolute atomic E-state index is 12.6. The highest BCUT2D eigenvalue weighted by atomic mass is 32.2. The van der Waals surface area contributed by atoms with Crippen molar-refractivity contribution in [1.82, 2.24) is 9.97 Å². The van der Waals surface area contributed by atoms with Gasteiger partial charge in [0.15, 0.2) is 0 Å². The molecule has 0 aliphatic rings. The third kappa shape index (κ3) is 6.51. The predicted octanol–water partition coefficient (Wildman–Crippen LogP) is 2.61. The fraction of sp³-hybridized carbons (Fsp3) is 0.227. The molecule has 0 aliphatic carbocycles. The summed E-state index contributed by atoms with van der Waals surface area (Å²) in [6, 6.07) is 12.4. The van der Waals surface area contributed by atoms with Crippen LogP contribution in [0.15, 0.2) is 59.6 Å². The molecule has 0 saturated heterocycles.